The molecule has 4 aromatic rings. The molecule has 9 heteroatoms. The van der Waals surface area contributed by atoms with E-state index < -0.39 is 11.8 Å². The van der Waals surface area contributed by atoms with Crippen molar-refractivity contribution in [2.24, 2.45) is 0 Å². The van der Waals surface area contributed by atoms with Crippen LogP contribution in [0.3, 0.4) is 0 Å². The van der Waals surface area contributed by atoms with Gasteiger partial charge < -0.3 is 5.11 Å². The molecule has 1 N–H and O–H groups in total. The molecule has 130 valence electrons. The van der Waals surface area contributed by atoms with E-state index in [1.807, 2.05) is 0 Å². The van der Waals surface area contributed by atoms with Crippen LogP contribution in [-0.2, 0) is 6.54 Å². The third-order valence-electron chi connectivity index (χ3n) is 3.84. The van der Waals surface area contributed by atoms with Gasteiger partial charge in [-0.15, -0.1) is 5.10 Å². The number of carboxylic acids is 1. The van der Waals surface area contributed by atoms with Gasteiger partial charge >= 0.3 is 5.97 Å². The summed E-state index contributed by atoms with van der Waals surface area (Å²) >= 11 is 0. The molecule has 0 bridgehead atoms. The van der Waals surface area contributed by atoms with Crippen LogP contribution in [-0.4, -0.2) is 35.2 Å². The molecule has 0 fully saturated rings. The standard InChI is InChI=1S/C17H11F2N5O2/c18-11-3-1-10(2-4-11)15-13(8-23-9-20-16(22-23)17(25)26)24-7-12(19)5-6-14(24)21-15/h1-7,9H,8H2,(H,25,26). The lowest BCUT2D eigenvalue weighted by molar-refractivity contribution is 0.0683. The summed E-state index contributed by atoms with van der Waals surface area (Å²) in [5, 5.41) is 12.8. The van der Waals surface area contributed by atoms with Crippen LogP contribution in [0.2, 0.25) is 0 Å². The predicted octanol–water partition coefficient (Wildman–Crippen LogP) is 2.62. The third kappa shape index (κ3) is 2.79. The number of carboxylic acid groups (broad SMARTS) is 1. The van der Waals surface area contributed by atoms with Gasteiger partial charge in [-0.25, -0.2) is 28.2 Å². The Bertz CT molecular complexity index is 1120. The lowest BCUT2D eigenvalue weighted by Crippen LogP contribution is -2.07. The van der Waals surface area contributed by atoms with Crippen molar-refractivity contribution in [3.05, 3.63) is 72.1 Å². The van der Waals surface area contributed by atoms with Gasteiger partial charge in [0.15, 0.2) is 0 Å². The highest BCUT2D eigenvalue weighted by Crippen LogP contribution is 2.25. The second-order valence-corrected chi connectivity index (χ2v) is 5.56. The number of benzene rings is 1. The van der Waals surface area contributed by atoms with Crippen LogP contribution >= 0.6 is 0 Å². The van der Waals surface area contributed by atoms with Gasteiger partial charge in [0.25, 0.3) is 5.82 Å². The Morgan fingerprint density at radius 1 is 1.08 bits per heavy atom. The molecule has 0 unspecified atom stereocenters. The van der Waals surface area contributed by atoms with Crippen LogP contribution in [0.25, 0.3) is 16.9 Å². The summed E-state index contributed by atoms with van der Waals surface area (Å²) in [6.07, 6.45) is 2.55. The number of imidazole rings is 1. The Morgan fingerprint density at radius 2 is 1.81 bits per heavy atom. The molecule has 0 aliphatic rings. The number of aromatic nitrogens is 5. The molecule has 0 atom stereocenters. The molecule has 0 aliphatic carbocycles. The zero-order valence-electron chi connectivity index (χ0n) is 13.2. The first kappa shape index (κ1) is 15.9. The predicted molar refractivity (Wildman–Crippen MR) is 86.6 cm³/mol. The second-order valence-electron chi connectivity index (χ2n) is 5.56. The van der Waals surface area contributed by atoms with Gasteiger partial charge in [0.05, 0.1) is 17.9 Å². The normalized spacial score (nSPS) is 11.2. The van der Waals surface area contributed by atoms with E-state index in [0.717, 1.165) is 0 Å². The monoisotopic (exact) mass is 355 g/mol. The topological polar surface area (TPSA) is 85.3 Å². The maximum absolute atomic E-state index is 13.7. The van der Waals surface area contributed by atoms with Crippen molar-refractivity contribution >= 4 is 11.6 Å². The zero-order valence-corrected chi connectivity index (χ0v) is 13.2. The number of hydrogen-bond donors (Lipinski definition) is 1. The highest BCUT2D eigenvalue weighted by atomic mass is 19.1. The first-order valence-electron chi connectivity index (χ1n) is 7.56. The van der Waals surface area contributed by atoms with Crippen LogP contribution in [0, 0.1) is 11.6 Å². The SMILES string of the molecule is O=C(O)c1ncn(Cc2c(-c3ccc(F)cc3)nc3ccc(F)cn23)n1. The highest BCUT2D eigenvalue weighted by Gasteiger charge is 2.17. The van der Waals surface area contributed by atoms with E-state index in [1.165, 1.54) is 41.5 Å². The van der Waals surface area contributed by atoms with E-state index >= 15 is 0 Å². The Balaban J connectivity index is 1.86. The Hall–Kier alpha value is -3.62. The van der Waals surface area contributed by atoms with E-state index in [0.29, 0.717) is 22.6 Å². The number of halogens is 2. The highest BCUT2D eigenvalue weighted by molar-refractivity contribution is 5.82. The molecule has 3 aromatic heterocycles. The Morgan fingerprint density at radius 3 is 2.50 bits per heavy atom. The van der Waals surface area contributed by atoms with Gasteiger partial charge in [-0.05, 0) is 36.4 Å². The average Bonchev–Trinajstić information content (AvgIpc) is 3.22. The minimum Gasteiger partial charge on any atom is -0.475 e. The molecule has 0 aliphatic heterocycles. The fourth-order valence-electron chi connectivity index (χ4n) is 2.68. The average molecular weight is 355 g/mol. The zero-order chi connectivity index (χ0) is 18.3. The smallest absolute Gasteiger partial charge is 0.375 e. The van der Waals surface area contributed by atoms with Gasteiger partial charge in [0.1, 0.15) is 23.6 Å². The van der Waals surface area contributed by atoms with E-state index in [1.54, 1.807) is 16.5 Å². The van der Waals surface area contributed by atoms with E-state index in [9.17, 15) is 13.6 Å². The quantitative estimate of drug-likeness (QED) is 0.608. The Kier molecular flexibility index (Phi) is 3.68. The molecule has 0 amide bonds. The number of aromatic carboxylic acids is 1. The fraction of sp³-hybridized carbons (Fsp3) is 0.0588. The summed E-state index contributed by atoms with van der Waals surface area (Å²) in [6.45, 7) is 0.109. The molecule has 0 saturated carbocycles. The van der Waals surface area contributed by atoms with Crippen LogP contribution in [0.15, 0.2) is 48.9 Å². The first-order valence-corrected chi connectivity index (χ1v) is 7.56. The summed E-state index contributed by atoms with van der Waals surface area (Å²) < 4.78 is 29.8. The van der Waals surface area contributed by atoms with Crippen molar-refractivity contribution in [1.29, 1.82) is 0 Å². The van der Waals surface area contributed by atoms with E-state index in [2.05, 4.69) is 15.1 Å². The molecule has 0 radical (unpaired) electrons. The molecular formula is C17H11F2N5O2. The van der Waals surface area contributed by atoms with Gasteiger partial charge in [-0.1, -0.05) is 0 Å². The Labute approximate surface area is 145 Å². The number of fused-ring (bicyclic) bond motifs is 1. The summed E-state index contributed by atoms with van der Waals surface area (Å²) in [4.78, 5) is 19.1. The first-order chi connectivity index (χ1) is 12.5. The van der Waals surface area contributed by atoms with Crippen LogP contribution in [0.1, 0.15) is 16.3 Å². The molecular weight excluding hydrogens is 344 g/mol. The van der Waals surface area contributed by atoms with Crippen molar-refractivity contribution in [2.45, 2.75) is 6.54 Å². The van der Waals surface area contributed by atoms with Crippen molar-refractivity contribution in [3.8, 4) is 11.3 Å². The van der Waals surface area contributed by atoms with Gasteiger partial charge in [0, 0.05) is 11.8 Å². The maximum Gasteiger partial charge on any atom is 0.375 e. The molecule has 7 nitrogen and oxygen atoms in total. The van der Waals surface area contributed by atoms with E-state index in [4.69, 9.17) is 5.11 Å². The third-order valence-corrected chi connectivity index (χ3v) is 3.84. The number of rotatable bonds is 4. The van der Waals surface area contributed by atoms with Crippen molar-refractivity contribution in [1.82, 2.24) is 24.1 Å². The van der Waals surface area contributed by atoms with Crippen molar-refractivity contribution in [2.75, 3.05) is 0 Å². The molecule has 4 rings (SSSR count). The minimum absolute atomic E-state index is 0.109. The minimum atomic E-state index is -1.24. The van der Waals surface area contributed by atoms with Crippen molar-refractivity contribution in [3.63, 3.8) is 0 Å². The van der Waals surface area contributed by atoms with Crippen LogP contribution in [0.4, 0.5) is 8.78 Å². The summed E-state index contributed by atoms with van der Waals surface area (Å²) in [6, 6.07) is 8.57. The molecule has 3 heterocycles. The van der Waals surface area contributed by atoms with Crippen molar-refractivity contribution < 1.29 is 18.7 Å². The lowest BCUT2D eigenvalue weighted by atomic mass is 10.1. The summed E-state index contributed by atoms with van der Waals surface area (Å²) in [5.41, 5.74) is 2.22. The summed E-state index contributed by atoms with van der Waals surface area (Å²) in [5.74, 6) is -2.42. The van der Waals surface area contributed by atoms with Crippen LogP contribution in [0.5, 0.6) is 0 Å². The number of hydrogen-bond acceptors (Lipinski definition) is 4. The van der Waals surface area contributed by atoms with Gasteiger partial charge in [-0.2, -0.15) is 0 Å². The van der Waals surface area contributed by atoms with E-state index in [-0.39, 0.29) is 18.2 Å². The molecule has 26 heavy (non-hydrogen) atoms. The van der Waals surface area contributed by atoms with Gasteiger partial charge in [0.2, 0.25) is 0 Å². The molecule has 1 aromatic carbocycles. The number of carbonyl (C=O) groups is 1. The largest absolute Gasteiger partial charge is 0.475 e. The molecule has 0 saturated heterocycles. The maximum atomic E-state index is 13.7. The number of pyridine rings is 1. The molecule has 0 spiro atoms. The number of nitrogens with zero attached hydrogens (tertiary/aromatic N) is 5. The summed E-state index contributed by atoms with van der Waals surface area (Å²) in [7, 11) is 0. The van der Waals surface area contributed by atoms with Gasteiger partial charge in [-0.3, -0.25) is 4.40 Å². The second kappa shape index (κ2) is 6.03. The lowest BCUT2D eigenvalue weighted by Gasteiger charge is -2.05. The fourth-order valence-corrected chi connectivity index (χ4v) is 2.68. The van der Waals surface area contributed by atoms with Crippen LogP contribution < -0.4 is 0 Å².